The van der Waals surface area contributed by atoms with Gasteiger partial charge in [-0.05, 0) is 19.1 Å². The molecule has 0 aliphatic carbocycles. The minimum Gasteiger partial charge on any atom is -0.281 e. The Labute approximate surface area is 153 Å². The molecule has 0 bridgehead atoms. The van der Waals surface area contributed by atoms with Crippen LogP contribution >= 0.6 is 35.3 Å². The van der Waals surface area contributed by atoms with Crippen LogP contribution in [0, 0.1) is 6.92 Å². The summed E-state index contributed by atoms with van der Waals surface area (Å²) in [4.78, 5) is 20.5. The van der Waals surface area contributed by atoms with Crippen LogP contribution in [0.15, 0.2) is 40.5 Å². The van der Waals surface area contributed by atoms with Crippen LogP contribution in [0.2, 0.25) is 5.02 Å². The molecule has 0 fully saturated rings. The second-order valence-electron chi connectivity index (χ2n) is 4.91. The van der Waals surface area contributed by atoms with Gasteiger partial charge < -0.3 is 0 Å². The van der Waals surface area contributed by atoms with E-state index in [2.05, 4.69) is 20.8 Å². The second kappa shape index (κ2) is 7.65. The van der Waals surface area contributed by atoms with Crippen LogP contribution in [0.1, 0.15) is 5.69 Å². The van der Waals surface area contributed by atoms with E-state index < -0.39 is 0 Å². The summed E-state index contributed by atoms with van der Waals surface area (Å²) in [5, 5.41) is 3.30. The van der Waals surface area contributed by atoms with Crippen LogP contribution < -0.4 is 16.4 Å². The lowest BCUT2D eigenvalue weighted by atomic mass is 10.2. The maximum absolute atomic E-state index is 11.7. The Morgan fingerprint density at radius 1 is 1.17 bits per heavy atom. The second-order valence-corrected chi connectivity index (χ2v) is 6.21. The molecular weight excluding hydrogens is 369 g/mol. The van der Waals surface area contributed by atoms with Gasteiger partial charge in [0.25, 0.3) is 5.56 Å². The molecule has 2 heterocycles. The van der Waals surface area contributed by atoms with Gasteiger partial charge >= 0.3 is 0 Å². The van der Waals surface area contributed by atoms with Gasteiger partial charge in [0, 0.05) is 34.8 Å². The standard InChI is InChI=1S/C15H14ClN5OS.ClH/c1-9-7-13(22)21(2)14(17-9)19-20-15-18-12(8-23-15)10-3-5-11(16)6-4-10;/h3-8H,1-2H3,(H,17,19)(H,18,20);1H. The average Bonchev–Trinajstić information content (AvgIpc) is 2.99. The number of thiazole rings is 1. The lowest BCUT2D eigenvalue weighted by Gasteiger charge is -2.10. The van der Waals surface area contributed by atoms with Gasteiger partial charge in [0.15, 0.2) is 0 Å². The van der Waals surface area contributed by atoms with E-state index in [-0.39, 0.29) is 18.0 Å². The van der Waals surface area contributed by atoms with Crippen LogP contribution in [0.25, 0.3) is 11.3 Å². The van der Waals surface area contributed by atoms with Gasteiger partial charge in [-0.15, -0.1) is 23.7 Å². The number of rotatable bonds is 4. The normalized spacial score (nSPS) is 10.1. The minimum atomic E-state index is -0.122. The van der Waals surface area contributed by atoms with Gasteiger partial charge in [-0.2, -0.15) is 0 Å². The Bertz CT molecular complexity index is 892. The number of hydrogen-bond donors (Lipinski definition) is 2. The quantitative estimate of drug-likeness (QED) is 0.671. The zero-order chi connectivity index (χ0) is 16.4. The molecule has 9 heteroatoms. The molecule has 24 heavy (non-hydrogen) atoms. The maximum atomic E-state index is 11.7. The largest absolute Gasteiger partial charge is 0.281 e. The number of benzene rings is 1. The summed E-state index contributed by atoms with van der Waals surface area (Å²) in [7, 11) is 1.65. The molecule has 0 spiro atoms. The van der Waals surface area contributed by atoms with Gasteiger partial charge in [-0.3, -0.25) is 20.2 Å². The van der Waals surface area contributed by atoms with Gasteiger partial charge in [0.2, 0.25) is 11.1 Å². The number of aromatic nitrogens is 3. The smallest absolute Gasteiger partial charge is 0.254 e. The van der Waals surface area contributed by atoms with E-state index in [9.17, 15) is 4.79 Å². The lowest BCUT2D eigenvalue weighted by Crippen LogP contribution is -2.24. The van der Waals surface area contributed by atoms with Crippen molar-refractivity contribution in [3.8, 4) is 11.3 Å². The summed E-state index contributed by atoms with van der Waals surface area (Å²) < 4.78 is 1.42. The number of anilines is 2. The zero-order valence-electron chi connectivity index (χ0n) is 12.9. The van der Waals surface area contributed by atoms with Crippen LogP contribution in [0.5, 0.6) is 0 Å². The summed E-state index contributed by atoms with van der Waals surface area (Å²) in [6, 6.07) is 8.97. The molecule has 6 nitrogen and oxygen atoms in total. The van der Waals surface area contributed by atoms with Crippen molar-refractivity contribution >= 4 is 46.4 Å². The van der Waals surface area contributed by atoms with Crippen molar-refractivity contribution in [2.45, 2.75) is 6.92 Å². The van der Waals surface area contributed by atoms with Crippen molar-refractivity contribution in [1.29, 1.82) is 0 Å². The van der Waals surface area contributed by atoms with Crippen LogP contribution in [0.3, 0.4) is 0 Å². The molecule has 2 N–H and O–H groups in total. The first-order chi connectivity index (χ1) is 11.0. The molecule has 0 unspecified atom stereocenters. The van der Waals surface area contributed by atoms with Gasteiger partial charge in [0.05, 0.1) is 5.69 Å². The van der Waals surface area contributed by atoms with Gasteiger partial charge in [0.1, 0.15) is 0 Å². The average molecular weight is 384 g/mol. The summed E-state index contributed by atoms with van der Waals surface area (Å²) >= 11 is 7.34. The third kappa shape index (κ3) is 4.05. The fraction of sp³-hybridized carbons (Fsp3) is 0.133. The van der Waals surface area contributed by atoms with Crippen molar-refractivity contribution in [2.24, 2.45) is 7.05 Å². The Morgan fingerprint density at radius 2 is 1.88 bits per heavy atom. The number of halogens is 2. The van der Waals surface area contributed by atoms with Crippen molar-refractivity contribution in [3.05, 3.63) is 56.8 Å². The summed E-state index contributed by atoms with van der Waals surface area (Å²) in [5.41, 5.74) is 8.24. The molecule has 0 radical (unpaired) electrons. The van der Waals surface area contributed by atoms with Gasteiger partial charge in [-0.25, -0.2) is 9.97 Å². The highest BCUT2D eigenvalue weighted by atomic mass is 35.5. The van der Waals surface area contributed by atoms with Crippen LogP contribution in [0.4, 0.5) is 11.1 Å². The van der Waals surface area contributed by atoms with E-state index in [0.29, 0.717) is 21.8 Å². The lowest BCUT2D eigenvalue weighted by molar-refractivity contribution is 0.823. The fourth-order valence-corrected chi connectivity index (χ4v) is 2.76. The zero-order valence-corrected chi connectivity index (χ0v) is 15.3. The first-order valence-electron chi connectivity index (χ1n) is 6.81. The number of nitrogens with zero attached hydrogens (tertiary/aromatic N) is 3. The molecule has 0 saturated carbocycles. The maximum Gasteiger partial charge on any atom is 0.254 e. The molecule has 126 valence electrons. The summed E-state index contributed by atoms with van der Waals surface area (Å²) in [6.45, 7) is 1.77. The number of hydrazine groups is 1. The molecule has 0 aliphatic rings. The molecule has 0 atom stereocenters. The Kier molecular flexibility index (Phi) is 5.82. The van der Waals surface area contributed by atoms with Crippen molar-refractivity contribution < 1.29 is 0 Å². The Morgan fingerprint density at radius 3 is 2.58 bits per heavy atom. The number of nitrogens with one attached hydrogen (secondary N) is 2. The van der Waals surface area contributed by atoms with E-state index in [1.54, 1.807) is 14.0 Å². The van der Waals surface area contributed by atoms with E-state index >= 15 is 0 Å². The molecule has 0 saturated heterocycles. The molecule has 2 aromatic heterocycles. The molecule has 1 aromatic carbocycles. The monoisotopic (exact) mass is 383 g/mol. The fourth-order valence-electron chi connectivity index (χ4n) is 1.96. The highest BCUT2D eigenvalue weighted by molar-refractivity contribution is 7.14. The van der Waals surface area contributed by atoms with Crippen LogP contribution in [-0.4, -0.2) is 14.5 Å². The molecule has 3 aromatic rings. The Hall–Kier alpha value is -2.09. The van der Waals surface area contributed by atoms with Crippen molar-refractivity contribution in [3.63, 3.8) is 0 Å². The first kappa shape index (κ1) is 18.3. The van der Waals surface area contributed by atoms with E-state index in [0.717, 1.165) is 11.3 Å². The SMILES string of the molecule is Cc1cc(=O)n(C)c(NNc2nc(-c3ccc(Cl)cc3)cs2)n1.Cl. The molecule has 3 rings (SSSR count). The molecule has 0 amide bonds. The third-order valence-electron chi connectivity index (χ3n) is 3.19. The van der Waals surface area contributed by atoms with E-state index in [1.807, 2.05) is 29.6 Å². The topological polar surface area (TPSA) is 71.8 Å². The first-order valence-corrected chi connectivity index (χ1v) is 8.07. The third-order valence-corrected chi connectivity index (χ3v) is 4.20. The minimum absolute atomic E-state index is 0. The van der Waals surface area contributed by atoms with Gasteiger partial charge in [-0.1, -0.05) is 23.7 Å². The van der Waals surface area contributed by atoms with E-state index in [4.69, 9.17) is 11.6 Å². The predicted molar refractivity (Wildman–Crippen MR) is 101 cm³/mol. The highest BCUT2D eigenvalue weighted by Gasteiger charge is 2.06. The summed E-state index contributed by atoms with van der Waals surface area (Å²) in [5.74, 6) is 0.429. The number of hydrogen-bond acceptors (Lipinski definition) is 6. The van der Waals surface area contributed by atoms with Crippen molar-refractivity contribution in [2.75, 3.05) is 10.9 Å². The molecular formula is C15H15Cl2N5OS. The van der Waals surface area contributed by atoms with E-state index in [1.165, 1.54) is 22.0 Å². The molecule has 0 aliphatic heterocycles. The summed E-state index contributed by atoms with van der Waals surface area (Å²) in [6.07, 6.45) is 0. The Balaban J connectivity index is 0.00000208. The van der Waals surface area contributed by atoms with Crippen molar-refractivity contribution in [1.82, 2.24) is 14.5 Å². The van der Waals surface area contributed by atoms with Crippen LogP contribution in [-0.2, 0) is 7.05 Å². The predicted octanol–water partition coefficient (Wildman–Crippen LogP) is 3.73. The highest BCUT2D eigenvalue weighted by Crippen LogP contribution is 2.25. The number of aryl methyl sites for hydroxylation is 1.